The summed E-state index contributed by atoms with van der Waals surface area (Å²) in [4.78, 5) is 41.8. The number of carbonyl (C=O) groups is 3. The van der Waals surface area contributed by atoms with E-state index in [1.165, 1.54) is 47.9 Å². The van der Waals surface area contributed by atoms with Crippen molar-refractivity contribution in [3.8, 4) is 11.3 Å². The fraction of sp³-hybridized carbons (Fsp3) is 0.241. The van der Waals surface area contributed by atoms with Crippen molar-refractivity contribution in [3.63, 3.8) is 0 Å². The first-order chi connectivity index (χ1) is 19.5. The molecule has 1 aliphatic heterocycles. The number of rotatable bonds is 8. The van der Waals surface area contributed by atoms with Gasteiger partial charge in [-0.2, -0.15) is 18.3 Å². The zero-order chi connectivity index (χ0) is 29.5. The molecule has 212 valence electrons. The van der Waals surface area contributed by atoms with E-state index >= 15 is 0 Å². The van der Waals surface area contributed by atoms with Gasteiger partial charge in [-0.15, -0.1) is 11.3 Å². The summed E-state index contributed by atoms with van der Waals surface area (Å²) < 4.78 is 43.0. The molecule has 0 radical (unpaired) electrons. The summed E-state index contributed by atoms with van der Waals surface area (Å²) in [6, 6.07) is 12.0. The third-order valence-corrected chi connectivity index (χ3v) is 8.46. The van der Waals surface area contributed by atoms with Crippen molar-refractivity contribution in [2.75, 3.05) is 6.54 Å². The Morgan fingerprint density at radius 1 is 1.05 bits per heavy atom. The molecule has 1 atom stereocenters. The fourth-order valence-electron chi connectivity index (χ4n) is 5.00. The SMILES string of the molecule is CCc1sc(C(=O)NC(Cc2ccccc2C(F)(F)F)CN2C(=O)c3ccccc3C2=O)cc1-c1c(Cl)cnn1C. The Labute approximate surface area is 242 Å². The first kappa shape index (κ1) is 28.6. The van der Waals surface area contributed by atoms with Crippen LogP contribution >= 0.6 is 22.9 Å². The van der Waals surface area contributed by atoms with Crippen molar-refractivity contribution < 1.29 is 27.6 Å². The monoisotopic (exact) mass is 600 g/mol. The van der Waals surface area contributed by atoms with E-state index in [0.717, 1.165) is 21.4 Å². The lowest BCUT2D eigenvalue weighted by Gasteiger charge is -2.25. The highest BCUT2D eigenvalue weighted by Gasteiger charge is 2.38. The van der Waals surface area contributed by atoms with Crippen LogP contribution in [0, 0.1) is 0 Å². The molecular formula is C29H24ClF3N4O3S. The van der Waals surface area contributed by atoms with Crippen LogP contribution < -0.4 is 5.32 Å². The molecule has 4 aromatic rings. The second kappa shape index (κ2) is 11.1. The molecule has 41 heavy (non-hydrogen) atoms. The quantitative estimate of drug-likeness (QED) is 0.251. The molecule has 2 aromatic heterocycles. The number of aromatic nitrogens is 2. The van der Waals surface area contributed by atoms with Gasteiger partial charge in [0.1, 0.15) is 0 Å². The van der Waals surface area contributed by atoms with Crippen molar-refractivity contribution in [2.45, 2.75) is 32.0 Å². The first-order valence-corrected chi connectivity index (χ1v) is 13.9. The smallest absolute Gasteiger partial charge is 0.346 e. The highest BCUT2D eigenvalue weighted by molar-refractivity contribution is 7.14. The van der Waals surface area contributed by atoms with Crippen LogP contribution in [0.4, 0.5) is 13.2 Å². The molecule has 0 fully saturated rings. The summed E-state index contributed by atoms with van der Waals surface area (Å²) in [5, 5.41) is 7.37. The zero-order valence-corrected chi connectivity index (χ0v) is 23.5. The number of fused-ring (bicyclic) bond motifs is 1. The van der Waals surface area contributed by atoms with E-state index in [1.54, 1.807) is 29.9 Å². The van der Waals surface area contributed by atoms with E-state index in [4.69, 9.17) is 11.6 Å². The predicted octanol–water partition coefficient (Wildman–Crippen LogP) is 6.02. The number of amides is 3. The molecule has 3 amide bonds. The summed E-state index contributed by atoms with van der Waals surface area (Å²) in [6.45, 7) is 1.62. The van der Waals surface area contributed by atoms with Gasteiger partial charge in [-0.05, 0) is 42.7 Å². The molecule has 1 unspecified atom stereocenters. The number of benzene rings is 2. The largest absolute Gasteiger partial charge is 0.416 e. The van der Waals surface area contributed by atoms with Gasteiger partial charge >= 0.3 is 6.18 Å². The van der Waals surface area contributed by atoms with E-state index < -0.39 is 35.5 Å². The lowest BCUT2D eigenvalue weighted by molar-refractivity contribution is -0.138. The summed E-state index contributed by atoms with van der Waals surface area (Å²) in [6.07, 6.45) is -2.78. The molecule has 0 saturated heterocycles. The minimum Gasteiger partial charge on any atom is -0.346 e. The Hall–Kier alpha value is -3.96. The van der Waals surface area contributed by atoms with Gasteiger partial charge in [-0.25, -0.2) is 0 Å². The van der Waals surface area contributed by atoms with Gasteiger partial charge < -0.3 is 5.32 Å². The number of imide groups is 1. The molecule has 7 nitrogen and oxygen atoms in total. The third-order valence-electron chi connectivity index (χ3n) is 6.91. The number of aryl methyl sites for hydroxylation is 2. The first-order valence-electron chi connectivity index (χ1n) is 12.7. The van der Waals surface area contributed by atoms with Gasteiger partial charge in [0.2, 0.25) is 0 Å². The average molecular weight is 601 g/mol. The Morgan fingerprint density at radius 3 is 2.27 bits per heavy atom. The van der Waals surface area contributed by atoms with Crippen LogP contribution in [0.2, 0.25) is 5.02 Å². The van der Waals surface area contributed by atoms with Crippen LogP contribution in [0.3, 0.4) is 0 Å². The Balaban J connectivity index is 1.47. The molecule has 3 heterocycles. The highest BCUT2D eigenvalue weighted by atomic mass is 35.5. The van der Waals surface area contributed by atoms with Gasteiger partial charge in [-0.1, -0.05) is 48.9 Å². The molecule has 0 saturated carbocycles. The zero-order valence-electron chi connectivity index (χ0n) is 22.0. The van der Waals surface area contributed by atoms with Crippen LogP contribution in [-0.2, 0) is 26.1 Å². The van der Waals surface area contributed by atoms with Gasteiger partial charge in [0.25, 0.3) is 17.7 Å². The molecule has 0 spiro atoms. The fourth-order valence-corrected chi connectivity index (χ4v) is 6.27. The Kier molecular flexibility index (Phi) is 7.76. The number of nitrogens with one attached hydrogen (secondary N) is 1. The molecule has 0 aliphatic carbocycles. The van der Waals surface area contributed by atoms with Gasteiger partial charge in [0.15, 0.2) is 0 Å². The van der Waals surface area contributed by atoms with E-state index in [-0.39, 0.29) is 29.7 Å². The topological polar surface area (TPSA) is 84.3 Å². The average Bonchev–Trinajstić information content (AvgIpc) is 3.58. The van der Waals surface area contributed by atoms with Crippen LogP contribution in [0.1, 0.15) is 53.3 Å². The van der Waals surface area contributed by atoms with E-state index in [9.17, 15) is 27.6 Å². The predicted molar refractivity (Wildman–Crippen MR) is 149 cm³/mol. The van der Waals surface area contributed by atoms with Crippen LogP contribution in [0.5, 0.6) is 0 Å². The molecule has 1 aliphatic rings. The molecule has 1 N–H and O–H groups in total. The van der Waals surface area contributed by atoms with E-state index in [1.807, 2.05) is 6.92 Å². The number of carbonyl (C=O) groups excluding carboxylic acids is 3. The second-order valence-electron chi connectivity index (χ2n) is 9.56. The lowest BCUT2D eigenvalue weighted by Crippen LogP contribution is -2.47. The molecule has 5 rings (SSSR count). The van der Waals surface area contributed by atoms with Crippen molar-refractivity contribution in [1.82, 2.24) is 20.0 Å². The van der Waals surface area contributed by atoms with Crippen molar-refractivity contribution in [1.29, 1.82) is 0 Å². The molecule has 12 heteroatoms. The minimum atomic E-state index is -4.62. The number of thiophene rings is 1. The van der Waals surface area contributed by atoms with Crippen molar-refractivity contribution in [2.24, 2.45) is 7.05 Å². The van der Waals surface area contributed by atoms with Crippen LogP contribution in [-0.4, -0.2) is 45.0 Å². The number of hydrogen-bond acceptors (Lipinski definition) is 5. The molecule has 2 aromatic carbocycles. The van der Waals surface area contributed by atoms with Crippen molar-refractivity contribution >= 4 is 40.7 Å². The van der Waals surface area contributed by atoms with Gasteiger partial charge in [-0.3, -0.25) is 24.0 Å². The van der Waals surface area contributed by atoms with Crippen LogP contribution in [0.15, 0.2) is 60.8 Å². The summed E-state index contributed by atoms with van der Waals surface area (Å²) in [7, 11) is 1.73. The molecule has 0 bridgehead atoms. The molecular weight excluding hydrogens is 577 g/mol. The second-order valence-corrected chi connectivity index (χ2v) is 11.1. The normalized spacial score (nSPS) is 14.0. The third kappa shape index (κ3) is 5.51. The summed E-state index contributed by atoms with van der Waals surface area (Å²) in [5.74, 6) is -1.67. The van der Waals surface area contributed by atoms with Gasteiger partial charge in [0, 0.05) is 24.0 Å². The maximum Gasteiger partial charge on any atom is 0.416 e. The maximum absolute atomic E-state index is 13.8. The summed E-state index contributed by atoms with van der Waals surface area (Å²) >= 11 is 7.58. The number of hydrogen-bond donors (Lipinski definition) is 1. The van der Waals surface area contributed by atoms with Crippen LogP contribution in [0.25, 0.3) is 11.3 Å². The minimum absolute atomic E-state index is 0.0651. The number of halogens is 4. The van der Waals surface area contributed by atoms with E-state index in [2.05, 4.69) is 10.4 Å². The standard InChI is InChI=1S/C29H24ClF3N4O3S/c1-3-23-20(25-22(30)14-34-36(25)2)13-24(41-23)26(38)35-17(12-16-8-4-7-11-21(16)29(31,32)33)15-37-27(39)18-9-5-6-10-19(18)28(37)40/h4-11,13-14,17H,3,12,15H2,1-2H3,(H,35,38). The lowest BCUT2D eigenvalue weighted by atomic mass is 9.99. The van der Waals surface area contributed by atoms with E-state index in [0.29, 0.717) is 22.0 Å². The Morgan fingerprint density at radius 2 is 1.68 bits per heavy atom. The highest BCUT2D eigenvalue weighted by Crippen LogP contribution is 2.36. The van der Waals surface area contributed by atoms with Gasteiger partial charge in [0.05, 0.1) is 44.5 Å². The summed E-state index contributed by atoms with van der Waals surface area (Å²) in [5.41, 5.74) is 0.875. The Bertz CT molecular complexity index is 1610. The number of alkyl halides is 3. The maximum atomic E-state index is 13.8. The number of nitrogens with zero attached hydrogens (tertiary/aromatic N) is 3. The van der Waals surface area contributed by atoms with Crippen molar-refractivity contribution in [3.05, 3.63) is 97.8 Å².